The molecule has 0 unspecified atom stereocenters. The van der Waals surface area contributed by atoms with Gasteiger partial charge in [-0.15, -0.1) is 0 Å². The van der Waals surface area contributed by atoms with Gasteiger partial charge in [-0.1, -0.05) is 60.7 Å². The number of hydrogen-bond acceptors (Lipinski definition) is 4. The topological polar surface area (TPSA) is 51.6 Å². The average Bonchev–Trinajstić information content (AvgIpc) is 3.23. The van der Waals surface area contributed by atoms with Gasteiger partial charge in [-0.2, -0.15) is 0 Å². The highest BCUT2D eigenvalue weighted by atomic mass is 14.6. The zero-order chi connectivity index (χ0) is 34.4. The first kappa shape index (κ1) is 29.8. The molecule has 0 fully saturated rings. The standard InChI is InChI=1S/C48H30N4/c1-3-35(29-51-17-1)39-24-40(36-4-2-18-52-30-36)28-42(27-39)44-10-6-34-7-11-45-43(9-5-33-8-12-46(44)48(34)47(33)45)41-25-37(31-13-19-49-20-14-31)23-38(26-41)32-15-21-50-22-16-32/h1-30H. The molecule has 0 aliphatic carbocycles. The zero-order valence-electron chi connectivity index (χ0n) is 28.1. The molecule has 0 bridgehead atoms. The second-order valence-electron chi connectivity index (χ2n) is 13.2. The summed E-state index contributed by atoms with van der Waals surface area (Å²) in [5.41, 5.74) is 13.7. The first-order valence-electron chi connectivity index (χ1n) is 17.4. The van der Waals surface area contributed by atoms with E-state index in [0.717, 1.165) is 50.1 Å². The summed E-state index contributed by atoms with van der Waals surface area (Å²) in [5.74, 6) is 0. The van der Waals surface area contributed by atoms with Gasteiger partial charge in [0, 0.05) is 60.7 Å². The van der Waals surface area contributed by atoms with E-state index >= 15 is 0 Å². The van der Waals surface area contributed by atoms with Crippen molar-refractivity contribution in [2.24, 2.45) is 0 Å². The highest BCUT2D eigenvalue weighted by molar-refractivity contribution is 6.27. The third kappa shape index (κ3) is 5.17. The summed E-state index contributed by atoms with van der Waals surface area (Å²) in [6.07, 6.45) is 14.9. The summed E-state index contributed by atoms with van der Waals surface area (Å²) >= 11 is 0. The van der Waals surface area contributed by atoms with Crippen molar-refractivity contribution >= 4 is 32.3 Å². The number of benzene rings is 6. The smallest absolute Gasteiger partial charge is 0.0346 e. The van der Waals surface area contributed by atoms with E-state index in [-0.39, 0.29) is 0 Å². The SMILES string of the molecule is c1cncc(-c2cc(-c3cccnc3)cc(-c3ccc4ccc5c(-c6cc(-c7ccncc7)cc(-c7ccncc7)c6)ccc6ccc3c4c65)c2)c1. The molecule has 6 aromatic carbocycles. The maximum atomic E-state index is 4.43. The Labute approximate surface area is 301 Å². The van der Waals surface area contributed by atoms with Crippen LogP contribution in [-0.4, -0.2) is 19.9 Å². The predicted octanol–water partition coefficient (Wildman–Crippen LogP) is 12.2. The van der Waals surface area contributed by atoms with Gasteiger partial charge in [0.15, 0.2) is 0 Å². The van der Waals surface area contributed by atoms with Gasteiger partial charge in [0.2, 0.25) is 0 Å². The molecular formula is C48H30N4. The van der Waals surface area contributed by atoms with E-state index in [1.807, 2.05) is 61.7 Å². The number of nitrogens with zero attached hydrogens (tertiary/aromatic N) is 4. The van der Waals surface area contributed by atoms with E-state index in [0.29, 0.717) is 0 Å². The van der Waals surface area contributed by atoms with E-state index in [4.69, 9.17) is 0 Å². The van der Waals surface area contributed by atoms with Gasteiger partial charge in [-0.05, 0) is 161 Å². The Morgan fingerprint density at radius 1 is 0.269 bits per heavy atom. The van der Waals surface area contributed by atoms with Crippen LogP contribution in [0.25, 0.3) is 99.1 Å². The van der Waals surface area contributed by atoms with E-state index in [2.05, 4.69) is 141 Å². The summed E-state index contributed by atoms with van der Waals surface area (Å²) < 4.78 is 0. The number of pyridine rings is 4. The molecule has 0 amide bonds. The van der Waals surface area contributed by atoms with Gasteiger partial charge in [-0.3, -0.25) is 19.9 Å². The fraction of sp³-hybridized carbons (Fsp3) is 0. The lowest BCUT2D eigenvalue weighted by atomic mass is 9.85. The molecule has 4 heteroatoms. The Hall–Kier alpha value is -7.04. The van der Waals surface area contributed by atoms with Crippen molar-refractivity contribution in [2.45, 2.75) is 0 Å². The molecule has 0 radical (unpaired) electrons. The quantitative estimate of drug-likeness (QED) is 0.166. The molecule has 0 aliphatic heterocycles. The average molecular weight is 663 g/mol. The van der Waals surface area contributed by atoms with Crippen molar-refractivity contribution in [3.63, 3.8) is 0 Å². The molecule has 242 valence electrons. The molecular weight excluding hydrogens is 633 g/mol. The Balaban J connectivity index is 1.20. The molecule has 0 N–H and O–H groups in total. The van der Waals surface area contributed by atoms with Crippen LogP contribution in [0.3, 0.4) is 0 Å². The first-order valence-corrected chi connectivity index (χ1v) is 17.4. The molecule has 0 spiro atoms. The molecule has 4 nitrogen and oxygen atoms in total. The minimum absolute atomic E-state index is 1.08. The second-order valence-corrected chi connectivity index (χ2v) is 13.2. The first-order chi connectivity index (χ1) is 25.8. The van der Waals surface area contributed by atoms with Crippen molar-refractivity contribution in [1.29, 1.82) is 0 Å². The lowest BCUT2D eigenvalue weighted by Gasteiger charge is -2.18. The number of aromatic nitrogens is 4. The summed E-state index contributed by atoms with van der Waals surface area (Å²) in [6.45, 7) is 0. The van der Waals surface area contributed by atoms with Crippen LogP contribution in [0.2, 0.25) is 0 Å². The molecule has 0 saturated heterocycles. The Morgan fingerprint density at radius 2 is 0.654 bits per heavy atom. The largest absolute Gasteiger partial charge is 0.265 e. The predicted molar refractivity (Wildman–Crippen MR) is 214 cm³/mol. The molecule has 10 rings (SSSR count). The van der Waals surface area contributed by atoms with E-state index in [9.17, 15) is 0 Å². The maximum Gasteiger partial charge on any atom is 0.0346 e. The second kappa shape index (κ2) is 12.4. The van der Waals surface area contributed by atoms with Crippen molar-refractivity contribution in [1.82, 2.24) is 19.9 Å². The van der Waals surface area contributed by atoms with Gasteiger partial charge in [0.05, 0.1) is 0 Å². The molecule has 10 aromatic rings. The molecule has 0 saturated carbocycles. The van der Waals surface area contributed by atoms with Gasteiger partial charge in [0.1, 0.15) is 0 Å². The van der Waals surface area contributed by atoms with E-state index in [1.54, 1.807) is 0 Å². The number of hydrogen-bond donors (Lipinski definition) is 0. The van der Waals surface area contributed by atoms with Crippen LogP contribution < -0.4 is 0 Å². The summed E-state index contributed by atoms with van der Waals surface area (Å²) in [6, 6.07) is 48.5. The summed E-state index contributed by atoms with van der Waals surface area (Å²) in [7, 11) is 0. The Bertz CT molecular complexity index is 2560. The van der Waals surface area contributed by atoms with Crippen molar-refractivity contribution in [3.05, 3.63) is 183 Å². The van der Waals surface area contributed by atoms with Crippen molar-refractivity contribution in [3.8, 4) is 66.8 Å². The zero-order valence-corrected chi connectivity index (χ0v) is 28.1. The highest BCUT2D eigenvalue weighted by Gasteiger charge is 2.17. The third-order valence-electron chi connectivity index (χ3n) is 10.2. The lowest BCUT2D eigenvalue weighted by molar-refractivity contribution is 1.32. The lowest BCUT2D eigenvalue weighted by Crippen LogP contribution is -1.92. The fourth-order valence-corrected chi connectivity index (χ4v) is 7.69. The van der Waals surface area contributed by atoms with Crippen LogP contribution in [-0.2, 0) is 0 Å². The van der Waals surface area contributed by atoms with Crippen LogP contribution in [0.5, 0.6) is 0 Å². The Morgan fingerprint density at radius 3 is 1.06 bits per heavy atom. The van der Waals surface area contributed by atoms with Gasteiger partial charge >= 0.3 is 0 Å². The van der Waals surface area contributed by atoms with Gasteiger partial charge in [-0.25, -0.2) is 0 Å². The minimum Gasteiger partial charge on any atom is -0.265 e. The third-order valence-corrected chi connectivity index (χ3v) is 10.2. The van der Waals surface area contributed by atoms with Crippen LogP contribution in [0.1, 0.15) is 0 Å². The highest BCUT2D eigenvalue weighted by Crippen LogP contribution is 2.44. The maximum absolute atomic E-state index is 4.43. The van der Waals surface area contributed by atoms with E-state index in [1.165, 1.54) is 49.0 Å². The molecule has 52 heavy (non-hydrogen) atoms. The monoisotopic (exact) mass is 662 g/mol. The number of rotatable bonds is 6. The summed E-state index contributed by atoms with van der Waals surface area (Å²) in [4.78, 5) is 17.4. The van der Waals surface area contributed by atoms with E-state index < -0.39 is 0 Å². The minimum atomic E-state index is 1.08. The van der Waals surface area contributed by atoms with Gasteiger partial charge < -0.3 is 0 Å². The normalized spacial score (nSPS) is 11.5. The molecule has 0 atom stereocenters. The molecule has 4 aromatic heterocycles. The van der Waals surface area contributed by atoms with Gasteiger partial charge in [0.25, 0.3) is 0 Å². The van der Waals surface area contributed by atoms with Crippen LogP contribution in [0.4, 0.5) is 0 Å². The van der Waals surface area contributed by atoms with Crippen molar-refractivity contribution in [2.75, 3.05) is 0 Å². The molecule has 4 heterocycles. The summed E-state index contributed by atoms with van der Waals surface area (Å²) in [5, 5.41) is 7.49. The molecule has 0 aliphatic rings. The van der Waals surface area contributed by atoms with Crippen LogP contribution in [0, 0.1) is 0 Å². The van der Waals surface area contributed by atoms with Crippen LogP contribution in [0.15, 0.2) is 183 Å². The van der Waals surface area contributed by atoms with Crippen molar-refractivity contribution < 1.29 is 0 Å². The van der Waals surface area contributed by atoms with Crippen LogP contribution >= 0.6 is 0 Å². The Kier molecular flexibility index (Phi) is 7.10. The fourth-order valence-electron chi connectivity index (χ4n) is 7.69.